The van der Waals surface area contributed by atoms with E-state index in [0.29, 0.717) is 16.4 Å². The summed E-state index contributed by atoms with van der Waals surface area (Å²) in [5, 5.41) is 11.4. The van der Waals surface area contributed by atoms with Gasteiger partial charge in [-0.2, -0.15) is 4.52 Å². The molecule has 0 radical (unpaired) electrons. The third-order valence-corrected chi connectivity index (χ3v) is 3.08. The van der Waals surface area contributed by atoms with E-state index in [2.05, 4.69) is 50.3 Å². The molecule has 2 unspecified atom stereocenters. The van der Waals surface area contributed by atoms with Crippen LogP contribution >= 0.6 is 15.9 Å². The molecule has 2 aromatic rings. The molecule has 0 aliphatic carbocycles. The van der Waals surface area contributed by atoms with E-state index in [0.717, 1.165) is 5.69 Å². The Morgan fingerprint density at radius 1 is 1.36 bits per heavy atom. The Hall–Kier alpha value is -1.04. The highest BCUT2D eigenvalue weighted by Crippen LogP contribution is 2.22. The van der Waals surface area contributed by atoms with Crippen LogP contribution in [0.5, 0.6) is 0 Å². The smallest absolute Gasteiger partial charge is 0.197 e. The lowest BCUT2D eigenvalue weighted by molar-refractivity contribution is 0.673. The summed E-state index contributed by atoms with van der Waals surface area (Å²) in [5.74, 6) is 0.315. The topological polar surface area (TPSA) is 56.0 Å². The quantitative estimate of drug-likeness (QED) is 0.762. The van der Waals surface area contributed by atoms with Gasteiger partial charge in [0, 0.05) is 16.9 Å². The minimum absolute atomic E-state index is 0.315. The largest absolute Gasteiger partial charge is 0.259 e. The summed E-state index contributed by atoms with van der Waals surface area (Å²) in [4.78, 5) is 4.46. The van der Waals surface area contributed by atoms with Crippen molar-refractivity contribution >= 4 is 21.6 Å². The second-order valence-corrected chi connectivity index (χ2v) is 4.69. The van der Waals surface area contributed by atoms with Crippen LogP contribution in [0.2, 0.25) is 0 Å². The van der Waals surface area contributed by atoms with Crippen molar-refractivity contribution in [3.05, 3.63) is 18.1 Å². The molecule has 0 saturated carbocycles. The van der Waals surface area contributed by atoms with E-state index in [1.807, 2.05) is 0 Å². The van der Waals surface area contributed by atoms with E-state index in [-0.39, 0.29) is 0 Å². The lowest BCUT2D eigenvalue weighted by Crippen LogP contribution is -2.10. The first-order valence-electron chi connectivity index (χ1n) is 4.36. The van der Waals surface area contributed by atoms with E-state index in [9.17, 15) is 0 Å². The summed E-state index contributed by atoms with van der Waals surface area (Å²) in [7, 11) is 0. The van der Waals surface area contributed by atoms with Gasteiger partial charge in [-0.15, -0.1) is 5.10 Å². The van der Waals surface area contributed by atoms with Gasteiger partial charge in [-0.3, -0.25) is 4.98 Å². The zero-order valence-corrected chi connectivity index (χ0v) is 9.51. The number of aromatic nitrogens is 5. The maximum Gasteiger partial charge on any atom is 0.197 e. The molecule has 5 nitrogen and oxygen atoms in total. The van der Waals surface area contributed by atoms with Crippen LogP contribution in [0, 0.1) is 0 Å². The number of nitrogens with zero attached hydrogens (tertiary/aromatic N) is 5. The average Bonchev–Trinajstić information content (AvgIpc) is 2.63. The number of halogens is 1. The SMILES string of the molecule is CC(Br)C(C)c1cncc2nnnn12. The Balaban J connectivity index is 2.56. The molecule has 0 aromatic carbocycles. The van der Waals surface area contributed by atoms with Gasteiger partial charge in [0.15, 0.2) is 5.65 Å². The van der Waals surface area contributed by atoms with Crippen LogP contribution in [0.25, 0.3) is 5.65 Å². The van der Waals surface area contributed by atoms with E-state index in [1.165, 1.54) is 0 Å². The third kappa shape index (κ3) is 1.50. The highest BCUT2D eigenvalue weighted by atomic mass is 79.9. The van der Waals surface area contributed by atoms with Gasteiger partial charge < -0.3 is 0 Å². The molecule has 6 heteroatoms. The van der Waals surface area contributed by atoms with E-state index in [4.69, 9.17) is 0 Å². The van der Waals surface area contributed by atoms with Gasteiger partial charge in [-0.05, 0) is 10.4 Å². The lowest BCUT2D eigenvalue weighted by Gasteiger charge is -2.13. The predicted octanol–water partition coefficient (Wildman–Crippen LogP) is 1.41. The standard InChI is InChI=1S/C8H10BrN5/c1-5(6(2)9)7-3-10-4-8-11-12-13-14(7)8/h3-6H,1-2H3. The summed E-state index contributed by atoms with van der Waals surface area (Å²) in [6.45, 7) is 4.20. The molecule has 0 spiro atoms. The van der Waals surface area contributed by atoms with Gasteiger partial charge in [-0.25, -0.2) is 0 Å². The molecule has 0 aliphatic heterocycles. The number of alkyl halides is 1. The maximum atomic E-state index is 4.10. The monoisotopic (exact) mass is 255 g/mol. The Bertz CT molecular complexity index is 438. The molecule has 0 fully saturated rings. The van der Waals surface area contributed by atoms with Crippen molar-refractivity contribution in [2.45, 2.75) is 24.6 Å². The van der Waals surface area contributed by atoms with E-state index < -0.39 is 0 Å². The van der Waals surface area contributed by atoms with Crippen molar-refractivity contribution in [3.8, 4) is 0 Å². The first-order chi connectivity index (χ1) is 6.70. The Morgan fingerprint density at radius 3 is 2.86 bits per heavy atom. The van der Waals surface area contributed by atoms with Crippen molar-refractivity contribution < 1.29 is 0 Å². The van der Waals surface area contributed by atoms with Crippen LogP contribution in [-0.4, -0.2) is 29.9 Å². The van der Waals surface area contributed by atoms with Crippen molar-refractivity contribution in [2.24, 2.45) is 0 Å². The summed E-state index contributed by atoms with van der Waals surface area (Å²) in [6.07, 6.45) is 3.45. The molecule has 74 valence electrons. The lowest BCUT2D eigenvalue weighted by atomic mass is 10.1. The molecular weight excluding hydrogens is 246 g/mol. The fraction of sp³-hybridized carbons (Fsp3) is 0.500. The van der Waals surface area contributed by atoms with Crippen LogP contribution in [0.1, 0.15) is 25.5 Å². The Morgan fingerprint density at radius 2 is 2.14 bits per heavy atom. The molecule has 2 aromatic heterocycles. The second kappa shape index (κ2) is 3.61. The van der Waals surface area contributed by atoms with Gasteiger partial charge in [0.2, 0.25) is 0 Å². The number of hydrogen-bond donors (Lipinski definition) is 0. The molecule has 0 aliphatic rings. The number of hydrogen-bond acceptors (Lipinski definition) is 4. The van der Waals surface area contributed by atoms with Gasteiger partial charge >= 0.3 is 0 Å². The fourth-order valence-corrected chi connectivity index (χ4v) is 1.51. The minimum Gasteiger partial charge on any atom is -0.259 e. The van der Waals surface area contributed by atoms with Crippen LogP contribution in [-0.2, 0) is 0 Å². The molecule has 0 saturated heterocycles. The molecule has 2 atom stereocenters. The third-order valence-electron chi connectivity index (χ3n) is 2.29. The summed E-state index contributed by atoms with van der Waals surface area (Å²) < 4.78 is 1.72. The normalized spacial score (nSPS) is 15.6. The number of tetrazole rings is 1. The molecule has 0 N–H and O–H groups in total. The van der Waals surface area contributed by atoms with Crippen molar-refractivity contribution in [3.63, 3.8) is 0 Å². The van der Waals surface area contributed by atoms with Crippen LogP contribution in [0.15, 0.2) is 12.4 Å². The molecule has 2 rings (SSSR count). The van der Waals surface area contributed by atoms with Crippen LogP contribution in [0.3, 0.4) is 0 Å². The Kier molecular flexibility index (Phi) is 2.45. The van der Waals surface area contributed by atoms with Crippen molar-refractivity contribution in [2.75, 3.05) is 0 Å². The van der Waals surface area contributed by atoms with Crippen LogP contribution < -0.4 is 0 Å². The molecular formula is C8H10BrN5. The molecule has 0 amide bonds. The van der Waals surface area contributed by atoms with Crippen molar-refractivity contribution in [1.82, 2.24) is 25.0 Å². The fourth-order valence-electron chi connectivity index (χ4n) is 1.24. The summed E-state index contributed by atoms with van der Waals surface area (Å²) in [5.41, 5.74) is 1.69. The van der Waals surface area contributed by atoms with Gasteiger partial charge in [0.25, 0.3) is 0 Å². The van der Waals surface area contributed by atoms with E-state index >= 15 is 0 Å². The summed E-state index contributed by atoms with van der Waals surface area (Å²) in [6, 6.07) is 0. The van der Waals surface area contributed by atoms with Gasteiger partial charge in [0.05, 0.1) is 11.9 Å². The zero-order chi connectivity index (χ0) is 10.1. The first-order valence-corrected chi connectivity index (χ1v) is 5.28. The van der Waals surface area contributed by atoms with E-state index in [1.54, 1.807) is 16.9 Å². The van der Waals surface area contributed by atoms with Crippen LogP contribution in [0.4, 0.5) is 0 Å². The minimum atomic E-state index is 0.315. The molecule has 14 heavy (non-hydrogen) atoms. The van der Waals surface area contributed by atoms with Gasteiger partial charge in [0.1, 0.15) is 0 Å². The number of fused-ring (bicyclic) bond motifs is 1. The summed E-state index contributed by atoms with van der Waals surface area (Å²) >= 11 is 3.54. The highest BCUT2D eigenvalue weighted by Gasteiger charge is 2.15. The Labute approximate surface area is 89.7 Å². The number of rotatable bonds is 2. The average molecular weight is 256 g/mol. The maximum absolute atomic E-state index is 4.10. The zero-order valence-electron chi connectivity index (χ0n) is 7.92. The van der Waals surface area contributed by atoms with Gasteiger partial charge in [-0.1, -0.05) is 29.8 Å². The highest BCUT2D eigenvalue weighted by molar-refractivity contribution is 9.09. The first kappa shape index (κ1) is 9.51. The molecule has 0 bridgehead atoms. The van der Waals surface area contributed by atoms with Crippen molar-refractivity contribution in [1.29, 1.82) is 0 Å². The molecule has 2 heterocycles. The predicted molar refractivity (Wildman–Crippen MR) is 55.4 cm³/mol. The second-order valence-electron chi connectivity index (χ2n) is 3.25.